The highest BCUT2D eigenvalue weighted by Crippen LogP contribution is 2.30. The minimum Gasteiger partial charge on any atom is -0.444 e. The largest absolute Gasteiger partial charge is 0.444 e. The lowest BCUT2D eigenvalue weighted by molar-refractivity contribution is 0.0547. The van der Waals surface area contributed by atoms with E-state index in [9.17, 15) is 9.90 Å². The number of amides is 1. The van der Waals surface area contributed by atoms with Crippen LogP contribution in [0.2, 0.25) is 5.02 Å². The predicted molar refractivity (Wildman–Crippen MR) is 101 cm³/mol. The number of nitrogens with one attached hydrogen (secondary N) is 1. The van der Waals surface area contributed by atoms with Crippen molar-refractivity contribution in [2.45, 2.75) is 22.5 Å². The van der Waals surface area contributed by atoms with E-state index in [-0.39, 0.29) is 18.2 Å². The zero-order valence-electron chi connectivity index (χ0n) is 13.4. The molecule has 1 amide bonds. The molecule has 2 N–H and O–H groups in total. The fraction of sp³-hybridized carbons (Fsp3) is 0.167. The quantitative estimate of drug-likeness (QED) is 0.632. The van der Waals surface area contributed by atoms with Gasteiger partial charge in [0.25, 0.3) is 5.91 Å². The monoisotopic (exact) mass is 393 g/mol. The summed E-state index contributed by atoms with van der Waals surface area (Å²) in [5, 5.41) is 16.3. The normalized spacial score (nSPS) is 13.4. The molecule has 130 valence electrons. The average Bonchev–Trinajstić information content (AvgIpc) is 3.27. The van der Waals surface area contributed by atoms with Crippen LogP contribution in [-0.2, 0) is 5.60 Å². The highest BCUT2D eigenvalue weighted by Gasteiger charge is 2.25. The average molecular weight is 394 g/mol. The Labute approximate surface area is 158 Å². The highest BCUT2D eigenvalue weighted by atomic mass is 35.5. The van der Waals surface area contributed by atoms with Crippen LogP contribution in [0.3, 0.4) is 0 Å². The van der Waals surface area contributed by atoms with Gasteiger partial charge in [-0.15, -0.1) is 11.3 Å². The van der Waals surface area contributed by atoms with Gasteiger partial charge in [0, 0.05) is 14.8 Å². The van der Waals surface area contributed by atoms with E-state index in [1.54, 1.807) is 31.2 Å². The van der Waals surface area contributed by atoms with Crippen LogP contribution in [0.5, 0.6) is 0 Å². The standard InChI is InChI=1S/C18H16ClNO3S2/c1-18(22,15-3-2-10-24-15)11-20-17(21)14-8-9-16(23-14)25-13-6-4-12(19)5-7-13/h2-10,22H,11H2,1H3,(H,20,21)/t18-/m1/s1. The summed E-state index contributed by atoms with van der Waals surface area (Å²) in [7, 11) is 0. The molecule has 0 saturated carbocycles. The zero-order chi connectivity index (χ0) is 17.9. The lowest BCUT2D eigenvalue weighted by Gasteiger charge is -2.21. The Morgan fingerprint density at radius 3 is 2.72 bits per heavy atom. The van der Waals surface area contributed by atoms with Gasteiger partial charge in [0.1, 0.15) is 5.60 Å². The Morgan fingerprint density at radius 2 is 2.04 bits per heavy atom. The van der Waals surface area contributed by atoms with E-state index < -0.39 is 5.60 Å². The molecule has 3 aromatic rings. The van der Waals surface area contributed by atoms with Crippen molar-refractivity contribution in [2.24, 2.45) is 0 Å². The molecule has 0 saturated heterocycles. The summed E-state index contributed by atoms with van der Waals surface area (Å²) in [4.78, 5) is 14.0. The molecule has 0 spiro atoms. The van der Waals surface area contributed by atoms with Gasteiger partial charge < -0.3 is 14.8 Å². The van der Waals surface area contributed by atoms with E-state index in [4.69, 9.17) is 16.0 Å². The van der Waals surface area contributed by atoms with Crippen LogP contribution in [0.4, 0.5) is 0 Å². The van der Waals surface area contributed by atoms with Crippen molar-refractivity contribution < 1.29 is 14.3 Å². The van der Waals surface area contributed by atoms with Crippen molar-refractivity contribution in [3.63, 3.8) is 0 Å². The molecule has 0 aliphatic carbocycles. The second-order valence-electron chi connectivity index (χ2n) is 5.61. The molecule has 1 aromatic carbocycles. The Balaban J connectivity index is 1.60. The Morgan fingerprint density at radius 1 is 1.28 bits per heavy atom. The molecule has 4 nitrogen and oxygen atoms in total. The Kier molecular flexibility index (Phi) is 5.54. The van der Waals surface area contributed by atoms with Crippen molar-refractivity contribution in [3.05, 3.63) is 69.6 Å². The van der Waals surface area contributed by atoms with E-state index in [2.05, 4.69) is 5.32 Å². The summed E-state index contributed by atoms with van der Waals surface area (Å²) < 4.78 is 5.57. The third-order valence-electron chi connectivity index (χ3n) is 3.48. The molecule has 0 fully saturated rings. The second kappa shape index (κ2) is 7.66. The number of hydrogen-bond donors (Lipinski definition) is 2. The summed E-state index contributed by atoms with van der Waals surface area (Å²) >= 11 is 8.71. The van der Waals surface area contributed by atoms with Crippen LogP contribution in [0.15, 0.2) is 68.3 Å². The van der Waals surface area contributed by atoms with Gasteiger partial charge in [-0.2, -0.15) is 0 Å². The minimum absolute atomic E-state index is 0.104. The minimum atomic E-state index is -1.11. The Bertz CT molecular complexity index is 842. The maximum atomic E-state index is 12.2. The Hall–Kier alpha value is -1.73. The predicted octanol–water partition coefficient (Wildman–Crippen LogP) is 4.78. The van der Waals surface area contributed by atoms with Gasteiger partial charge in [0.15, 0.2) is 10.9 Å². The summed E-state index contributed by atoms with van der Waals surface area (Å²) in [6.07, 6.45) is 0. The van der Waals surface area contributed by atoms with Crippen LogP contribution in [0, 0.1) is 0 Å². The fourth-order valence-electron chi connectivity index (χ4n) is 2.13. The molecule has 2 aromatic heterocycles. The summed E-state index contributed by atoms with van der Waals surface area (Å²) in [5.74, 6) is -0.154. The first-order chi connectivity index (χ1) is 11.9. The van der Waals surface area contributed by atoms with Gasteiger partial charge in [-0.05, 0) is 54.8 Å². The van der Waals surface area contributed by atoms with Crippen molar-refractivity contribution >= 4 is 40.6 Å². The van der Waals surface area contributed by atoms with E-state index in [1.165, 1.54) is 23.1 Å². The van der Waals surface area contributed by atoms with Crippen molar-refractivity contribution in [3.8, 4) is 0 Å². The van der Waals surface area contributed by atoms with Crippen LogP contribution in [0.1, 0.15) is 22.4 Å². The van der Waals surface area contributed by atoms with E-state index >= 15 is 0 Å². The van der Waals surface area contributed by atoms with Crippen molar-refractivity contribution in [1.29, 1.82) is 0 Å². The molecule has 0 aliphatic rings. The number of furan rings is 1. The second-order valence-corrected chi connectivity index (χ2v) is 8.07. The molecule has 0 bridgehead atoms. The van der Waals surface area contributed by atoms with Crippen molar-refractivity contribution in [2.75, 3.05) is 6.54 Å². The molecule has 7 heteroatoms. The fourth-order valence-corrected chi connectivity index (χ4v) is 3.81. The number of halogens is 1. The summed E-state index contributed by atoms with van der Waals surface area (Å²) in [6, 6.07) is 14.4. The summed E-state index contributed by atoms with van der Waals surface area (Å²) in [5.41, 5.74) is -1.11. The first kappa shape index (κ1) is 18.1. The van der Waals surface area contributed by atoms with E-state index in [1.807, 2.05) is 29.6 Å². The van der Waals surface area contributed by atoms with Gasteiger partial charge in [-0.25, -0.2) is 0 Å². The molecule has 0 aliphatic heterocycles. The third kappa shape index (κ3) is 4.67. The van der Waals surface area contributed by atoms with Gasteiger partial charge in [0.05, 0.1) is 6.54 Å². The molecule has 0 unspecified atom stereocenters. The molecule has 25 heavy (non-hydrogen) atoms. The van der Waals surface area contributed by atoms with E-state index in [0.717, 1.165) is 9.77 Å². The topological polar surface area (TPSA) is 62.5 Å². The van der Waals surface area contributed by atoms with Gasteiger partial charge >= 0.3 is 0 Å². The molecule has 1 atom stereocenters. The lowest BCUT2D eigenvalue weighted by atomic mass is 10.1. The SMILES string of the molecule is C[C@@](O)(CNC(=O)c1ccc(Sc2ccc(Cl)cc2)o1)c1cccs1. The van der Waals surface area contributed by atoms with Gasteiger partial charge in [-0.3, -0.25) is 4.79 Å². The summed E-state index contributed by atoms with van der Waals surface area (Å²) in [6.45, 7) is 1.77. The number of benzene rings is 1. The number of thiophene rings is 1. The lowest BCUT2D eigenvalue weighted by Crippen LogP contribution is -2.37. The zero-order valence-corrected chi connectivity index (χ0v) is 15.8. The number of hydrogen-bond acceptors (Lipinski definition) is 5. The highest BCUT2D eigenvalue weighted by molar-refractivity contribution is 7.99. The third-order valence-corrected chi connectivity index (χ3v) is 5.79. The molecular weight excluding hydrogens is 378 g/mol. The van der Waals surface area contributed by atoms with Crippen LogP contribution in [-0.4, -0.2) is 17.6 Å². The smallest absolute Gasteiger partial charge is 0.287 e. The van der Waals surface area contributed by atoms with Crippen LogP contribution < -0.4 is 5.32 Å². The van der Waals surface area contributed by atoms with Gasteiger partial charge in [-0.1, -0.05) is 29.4 Å². The van der Waals surface area contributed by atoms with E-state index in [0.29, 0.717) is 10.1 Å². The molecule has 2 heterocycles. The molecule has 0 radical (unpaired) electrons. The van der Waals surface area contributed by atoms with Crippen LogP contribution >= 0.6 is 34.7 Å². The maximum absolute atomic E-state index is 12.2. The maximum Gasteiger partial charge on any atom is 0.287 e. The molecule has 3 rings (SSSR count). The number of rotatable bonds is 6. The first-order valence-electron chi connectivity index (χ1n) is 7.52. The number of carbonyl (C=O) groups is 1. The van der Waals surface area contributed by atoms with Crippen LogP contribution in [0.25, 0.3) is 0 Å². The van der Waals surface area contributed by atoms with Crippen molar-refractivity contribution in [1.82, 2.24) is 5.32 Å². The first-order valence-corrected chi connectivity index (χ1v) is 9.59. The molecular formula is C18H16ClNO3S2. The number of carbonyl (C=O) groups excluding carboxylic acids is 1. The van der Waals surface area contributed by atoms with Gasteiger partial charge in [0.2, 0.25) is 0 Å². The number of aliphatic hydroxyl groups is 1.